The van der Waals surface area contributed by atoms with Crippen molar-refractivity contribution in [3.63, 3.8) is 0 Å². The van der Waals surface area contributed by atoms with Gasteiger partial charge in [0.1, 0.15) is 5.82 Å². The second-order valence-electron chi connectivity index (χ2n) is 4.90. The fourth-order valence-electron chi connectivity index (χ4n) is 2.25. The van der Waals surface area contributed by atoms with Gasteiger partial charge >= 0.3 is 5.97 Å². The van der Waals surface area contributed by atoms with Crippen LogP contribution in [-0.4, -0.2) is 22.2 Å². The van der Waals surface area contributed by atoms with E-state index in [0.29, 0.717) is 10.9 Å². The van der Waals surface area contributed by atoms with Crippen molar-refractivity contribution in [2.24, 2.45) is 0 Å². The topological polar surface area (TPSA) is 51.5 Å². The molecular formula is C15H18FNO3. The van der Waals surface area contributed by atoms with Crippen molar-refractivity contribution in [1.29, 1.82) is 0 Å². The van der Waals surface area contributed by atoms with E-state index in [2.05, 4.69) is 0 Å². The molecular weight excluding hydrogens is 261 g/mol. The van der Waals surface area contributed by atoms with Crippen LogP contribution in [0.3, 0.4) is 0 Å². The molecule has 0 saturated carbocycles. The molecule has 0 bridgehead atoms. The van der Waals surface area contributed by atoms with Gasteiger partial charge in [0, 0.05) is 28.7 Å². The highest BCUT2D eigenvalue weighted by atomic mass is 19.1. The van der Waals surface area contributed by atoms with Gasteiger partial charge in [0.15, 0.2) is 6.10 Å². The number of aromatic nitrogens is 1. The van der Waals surface area contributed by atoms with E-state index in [0.717, 1.165) is 5.52 Å². The Labute approximate surface area is 116 Å². The Morgan fingerprint density at radius 2 is 2.15 bits per heavy atom. The number of benzene rings is 1. The van der Waals surface area contributed by atoms with E-state index in [1.54, 1.807) is 19.2 Å². The molecule has 0 aliphatic carbocycles. The first-order valence-electron chi connectivity index (χ1n) is 6.60. The lowest BCUT2D eigenvalue weighted by atomic mass is 10.1. The van der Waals surface area contributed by atoms with E-state index in [9.17, 15) is 14.3 Å². The first-order valence-corrected chi connectivity index (χ1v) is 6.60. The molecule has 1 N–H and O–H groups in total. The molecule has 20 heavy (non-hydrogen) atoms. The highest BCUT2D eigenvalue weighted by Crippen LogP contribution is 2.30. The van der Waals surface area contributed by atoms with Crippen molar-refractivity contribution in [3.05, 3.63) is 35.8 Å². The summed E-state index contributed by atoms with van der Waals surface area (Å²) in [5.41, 5.74) is 1.14. The van der Waals surface area contributed by atoms with Crippen molar-refractivity contribution in [3.8, 4) is 0 Å². The lowest BCUT2D eigenvalue weighted by Gasteiger charge is -2.09. The van der Waals surface area contributed by atoms with E-state index < -0.39 is 17.9 Å². The average molecular weight is 279 g/mol. The fraction of sp³-hybridized carbons (Fsp3) is 0.400. The highest BCUT2D eigenvalue weighted by molar-refractivity contribution is 5.89. The zero-order valence-corrected chi connectivity index (χ0v) is 11.8. The number of hydrogen-bond donors (Lipinski definition) is 1. The van der Waals surface area contributed by atoms with Crippen molar-refractivity contribution in [2.45, 2.75) is 32.9 Å². The van der Waals surface area contributed by atoms with Gasteiger partial charge in [-0.1, -0.05) is 0 Å². The Kier molecular flexibility index (Phi) is 4.09. The fourth-order valence-corrected chi connectivity index (χ4v) is 2.25. The summed E-state index contributed by atoms with van der Waals surface area (Å²) in [4.78, 5) is 11.7. The molecule has 108 valence electrons. The number of carbonyl (C=O) groups excluding carboxylic acids is 1. The standard InChI is InChI=1S/C15H18FNO3/c1-4-20-15(19)14(18)12-8-17(9(2)3)13-6-5-10(16)7-11(12)13/h5-9,14,18H,4H2,1-3H3. The highest BCUT2D eigenvalue weighted by Gasteiger charge is 2.24. The zero-order chi connectivity index (χ0) is 14.9. The van der Waals surface area contributed by atoms with Gasteiger partial charge in [0.25, 0.3) is 0 Å². The SMILES string of the molecule is CCOC(=O)C(O)c1cn(C(C)C)c2ccc(F)cc12. The summed E-state index contributed by atoms with van der Waals surface area (Å²) in [6, 6.07) is 4.46. The maximum absolute atomic E-state index is 13.4. The normalized spacial score (nSPS) is 12.9. The van der Waals surface area contributed by atoms with Gasteiger partial charge in [0.05, 0.1) is 6.61 Å². The number of aliphatic hydroxyl groups is 1. The number of hydrogen-bond acceptors (Lipinski definition) is 3. The van der Waals surface area contributed by atoms with Crippen LogP contribution in [0.15, 0.2) is 24.4 Å². The number of fused-ring (bicyclic) bond motifs is 1. The molecule has 0 radical (unpaired) electrons. The van der Waals surface area contributed by atoms with Crippen LogP contribution in [0.4, 0.5) is 4.39 Å². The van der Waals surface area contributed by atoms with Gasteiger partial charge in [-0.15, -0.1) is 0 Å². The summed E-state index contributed by atoms with van der Waals surface area (Å²) in [7, 11) is 0. The molecule has 0 aliphatic rings. The summed E-state index contributed by atoms with van der Waals surface area (Å²) >= 11 is 0. The van der Waals surface area contributed by atoms with E-state index in [-0.39, 0.29) is 12.6 Å². The molecule has 0 amide bonds. The van der Waals surface area contributed by atoms with E-state index in [4.69, 9.17) is 4.74 Å². The lowest BCUT2D eigenvalue weighted by molar-refractivity contribution is -0.153. The minimum Gasteiger partial charge on any atom is -0.464 e. The van der Waals surface area contributed by atoms with Crippen molar-refractivity contribution < 1.29 is 19.0 Å². The summed E-state index contributed by atoms with van der Waals surface area (Å²) < 4.78 is 20.1. The van der Waals surface area contributed by atoms with Gasteiger partial charge in [-0.05, 0) is 39.0 Å². The number of halogens is 1. The first-order chi connectivity index (χ1) is 9.45. The third-order valence-electron chi connectivity index (χ3n) is 3.19. The first kappa shape index (κ1) is 14.5. The maximum atomic E-state index is 13.4. The Balaban J connectivity index is 2.57. The van der Waals surface area contributed by atoms with E-state index >= 15 is 0 Å². The van der Waals surface area contributed by atoms with Gasteiger partial charge in [-0.2, -0.15) is 0 Å². The second-order valence-corrected chi connectivity index (χ2v) is 4.90. The minimum absolute atomic E-state index is 0.131. The number of nitrogens with zero attached hydrogens (tertiary/aromatic N) is 1. The van der Waals surface area contributed by atoms with Gasteiger partial charge in [-0.3, -0.25) is 0 Å². The molecule has 5 heteroatoms. The largest absolute Gasteiger partial charge is 0.464 e. The van der Waals surface area contributed by atoms with Crippen LogP contribution in [0.5, 0.6) is 0 Å². The van der Waals surface area contributed by atoms with E-state index in [1.807, 2.05) is 18.4 Å². The Hall–Kier alpha value is -1.88. The average Bonchev–Trinajstić information content (AvgIpc) is 2.76. The zero-order valence-electron chi connectivity index (χ0n) is 11.8. The molecule has 2 aromatic rings. The third-order valence-corrected chi connectivity index (χ3v) is 3.19. The van der Waals surface area contributed by atoms with Crippen LogP contribution < -0.4 is 0 Å². The predicted molar refractivity (Wildman–Crippen MR) is 73.9 cm³/mol. The molecule has 1 heterocycles. The van der Waals surface area contributed by atoms with Gasteiger partial charge in [-0.25, -0.2) is 9.18 Å². The molecule has 2 rings (SSSR count). The molecule has 0 fully saturated rings. The number of ether oxygens (including phenoxy) is 1. The third kappa shape index (κ3) is 2.54. The Morgan fingerprint density at radius 3 is 2.75 bits per heavy atom. The second kappa shape index (κ2) is 5.63. The number of carbonyl (C=O) groups is 1. The molecule has 1 aromatic carbocycles. The van der Waals surface area contributed by atoms with Crippen LogP contribution >= 0.6 is 0 Å². The summed E-state index contributed by atoms with van der Waals surface area (Å²) in [6.45, 7) is 5.81. The molecule has 1 unspecified atom stereocenters. The lowest BCUT2D eigenvalue weighted by Crippen LogP contribution is -2.15. The summed E-state index contributed by atoms with van der Waals surface area (Å²) in [5, 5.41) is 10.6. The van der Waals surface area contributed by atoms with Gasteiger partial charge < -0.3 is 14.4 Å². The smallest absolute Gasteiger partial charge is 0.339 e. The molecule has 1 aromatic heterocycles. The summed E-state index contributed by atoms with van der Waals surface area (Å²) in [6.07, 6.45) is 0.273. The van der Waals surface area contributed by atoms with Crippen LogP contribution in [0.2, 0.25) is 0 Å². The molecule has 0 saturated heterocycles. The van der Waals surface area contributed by atoms with Crippen LogP contribution in [-0.2, 0) is 9.53 Å². The molecule has 4 nitrogen and oxygen atoms in total. The van der Waals surface area contributed by atoms with Crippen molar-refractivity contribution in [1.82, 2.24) is 4.57 Å². The monoisotopic (exact) mass is 279 g/mol. The number of aliphatic hydroxyl groups excluding tert-OH is 1. The Morgan fingerprint density at radius 1 is 1.45 bits per heavy atom. The minimum atomic E-state index is -1.40. The Bertz CT molecular complexity index is 633. The summed E-state index contributed by atoms with van der Waals surface area (Å²) in [5.74, 6) is -1.13. The quantitative estimate of drug-likeness (QED) is 0.875. The van der Waals surface area contributed by atoms with Crippen LogP contribution in [0.1, 0.15) is 38.5 Å². The van der Waals surface area contributed by atoms with Crippen molar-refractivity contribution in [2.75, 3.05) is 6.61 Å². The maximum Gasteiger partial charge on any atom is 0.339 e. The number of rotatable bonds is 4. The predicted octanol–water partition coefficient (Wildman–Crippen LogP) is 2.96. The van der Waals surface area contributed by atoms with Crippen molar-refractivity contribution >= 4 is 16.9 Å². The van der Waals surface area contributed by atoms with Gasteiger partial charge in [0.2, 0.25) is 0 Å². The molecule has 1 atom stereocenters. The van der Waals surface area contributed by atoms with Crippen LogP contribution in [0, 0.1) is 5.82 Å². The van der Waals surface area contributed by atoms with Crippen LogP contribution in [0.25, 0.3) is 10.9 Å². The number of esters is 1. The molecule has 0 aliphatic heterocycles. The molecule has 0 spiro atoms. The van der Waals surface area contributed by atoms with E-state index in [1.165, 1.54) is 12.1 Å².